The lowest BCUT2D eigenvalue weighted by Crippen LogP contribution is -2.18. The molecule has 0 atom stereocenters. The number of ether oxygens (including phenoxy) is 2. The standard InChI is InChI=1S/C17H13ClF2N2O3S/c18-11-7-10(5-6-13(11)25-17(19)20)21-15(23)8-24-9-16-22-12-3-1-2-4-14(12)26-16/h1-7,17H,8-9H2,(H,21,23). The van der Waals surface area contributed by atoms with Crippen LogP contribution in [0.1, 0.15) is 5.01 Å². The van der Waals surface area contributed by atoms with Gasteiger partial charge >= 0.3 is 6.61 Å². The molecule has 2 aromatic carbocycles. The molecule has 1 heterocycles. The summed E-state index contributed by atoms with van der Waals surface area (Å²) >= 11 is 7.33. The zero-order valence-corrected chi connectivity index (χ0v) is 14.8. The van der Waals surface area contributed by atoms with Gasteiger partial charge in [-0.2, -0.15) is 8.78 Å². The van der Waals surface area contributed by atoms with E-state index in [1.54, 1.807) is 0 Å². The van der Waals surface area contributed by atoms with Crippen molar-refractivity contribution in [3.05, 3.63) is 52.5 Å². The van der Waals surface area contributed by atoms with Crippen LogP contribution in [0.3, 0.4) is 0 Å². The molecule has 0 saturated heterocycles. The maximum absolute atomic E-state index is 12.2. The van der Waals surface area contributed by atoms with E-state index in [0.717, 1.165) is 15.2 Å². The molecule has 0 aliphatic heterocycles. The van der Waals surface area contributed by atoms with Crippen LogP contribution in [0.5, 0.6) is 5.75 Å². The average Bonchev–Trinajstić information content (AvgIpc) is 2.99. The molecule has 9 heteroatoms. The zero-order valence-electron chi connectivity index (χ0n) is 13.2. The highest BCUT2D eigenvalue weighted by Crippen LogP contribution is 2.29. The van der Waals surface area contributed by atoms with Gasteiger partial charge in [-0.15, -0.1) is 11.3 Å². The van der Waals surface area contributed by atoms with Gasteiger partial charge in [-0.25, -0.2) is 4.98 Å². The van der Waals surface area contributed by atoms with Gasteiger partial charge in [-0.3, -0.25) is 4.79 Å². The van der Waals surface area contributed by atoms with E-state index in [-0.39, 0.29) is 24.0 Å². The summed E-state index contributed by atoms with van der Waals surface area (Å²) in [5.74, 6) is -0.559. The number of alkyl halides is 2. The predicted octanol–water partition coefficient (Wildman–Crippen LogP) is 4.71. The highest BCUT2D eigenvalue weighted by Gasteiger charge is 2.11. The van der Waals surface area contributed by atoms with Crippen molar-refractivity contribution >= 4 is 44.7 Å². The summed E-state index contributed by atoms with van der Waals surface area (Å²) in [7, 11) is 0. The van der Waals surface area contributed by atoms with Crippen LogP contribution in [0.4, 0.5) is 14.5 Å². The molecule has 26 heavy (non-hydrogen) atoms. The Labute approximate surface area is 156 Å². The Bertz CT molecular complexity index is 887. The van der Waals surface area contributed by atoms with E-state index in [0.29, 0.717) is 5.69 Å². The van der Waals surface area contributed by atoms with E-state index in [9.17, 15) is 13.6 Å². The van der Waals surface area contributed by atoms with Gasteiger partial charge in [0.05, 0.1) is 21.8 Å². The molecule has 0 aliphatic rings. The molecule has 0 saturated carbocycles. The molecule has 1 aromatic heterocycles. The van der Waals surface area contributed by atoms with Crippen LogP contribution in [-0.2, 0) is 16.1 Å². The van der Waals surface area contributed by atoms with E-state index >= 15 is 0 Å². The molecule has 0 bridgehead atoms. The number of thiazole rings is 1. The summed E-state index contributed by atoms with van der Waals surface area (Å²) in [6, 6.07) is 11.7. The Morgan fingerprint density at radius 3 is 2.81 bits per heavy atom. The molecule has 5 nitrogen and oxygen atoms in total. The van der Waals surface area contributed by atoms with Gasteiger partial charge in [-0.1, -0.05) is 23.7 Å². The van der Waals surface area contributed by atoms with Crippen molar-refractivity contribution in [2.24, 2.45) is 0 Å². The Kier molecular flexibility index (Phi) is 5.97. The molecule has 3 aromatic rings. The quantitative estimate of drug-likeness (QED) is 0.626. The third kappa shape index (κ3) is 4.87. The van der Waals surface area contributed by atoms with Gasteiger partial charge in [0.25, 0.3) is 0 Å². The maximum atomic E-state index is 12.2. The number of hydrogen-bond donors (Lipinski definition) is 1. The smallest absolute Gasteiger partial charge is 0.387 e. The summed E-state index contributed by atoms with van der Waals surface area (Å²) < 4.78 is 35.0. The molecule has 0 fully saturated rings. The summed E-state index contributed by atoms with van der Waals surface area (Å²) in [5, 5.41) is 3.31. The van der Waals surface area contributed by atoms with Crippen molar-refractivity contribution in [2.45, 2.75) is 13.2 Å². The van der Waals surface area contributed by atoms with Crippen LogP contribution in [0.25, 0.3) is 10.2 Å². The minimum atomic E-state index is -2.97. The second kappa shape index (κ2) is 8.39. The van der Waals surface area contributed by atoms with Crippen LogP contribution in [0.2, 0.25) is 5.02 Å². The number of nitrogens with zero attached hydrogens (tertiary/aromatic N) is 1. The minimum absolute atomic E-state index is 0.0292. The normalized spacial score (nSPS) is 11.1. The van der Waals surface area contributed by atoms with Crippen molar-refractivity contribution in [3.8, 4) is 5.75 Å². The van der Waals surface area contributed by atoms with Crippen molar-refractivity contribution in [3.63, 3.8) is 0 Å². The molecule has 1 amide bonds. The van der Waals surface area contributed by atoms with Gasteiger partial charge in [0.2, 0.25) is 5.91 Å². The Morgan fingerprint density at radius 2 is 2.08 bits per heavy atom. The number of hydrogen-bond acceptors (Lipinski definition) is 5. The fourth-order valence-corrected chi connectivity index (χ4v) is 3.31. The second-order valence-corrected chi connectivity index (χ2v) is 6.66. The monoisotopic (exact) mass is 398 g/mol. The van der Waals surface area contributed by atoms with Crippen LogP contribution in [-0.4, -0.2) is 24.1 Å². The van der Waals surface area contributed by atoms with Crippen molar-refractivity contribution in [1.82, 2.24) is 4.98 Å². The van der Waals surface area contributed by atoms with Crippen molar-refractivity contribution in [2.75, 3.05) is 11.9 Å². The predicted molar refractivity (Wildman–Crippen MR) is 96.0 cm³/mol. The number of para-hydroxylation sites is 1. The largest absolute Gasteiger partial charge is 0.433 e. The third-order valence-corrected chi connectivity index (χ3v) is 4.53. The van der Waals surface area contributed by atoms with Gasteiger partial charge in [-0.05, 0) is 30.3 Å². The number of nitrogens with one attached hydrogen (secondary N) is 1. The topological polar surface area (TPSA) is 60.5 Å². The van der Waals surface area contributed by atoms with E-state index in [2.05, 4.69) is 15.0 Å². The number of carbonyl (C=O) groups is 1. The third-order valence-electron chi connectivity index (χ3n) is 3.23. The number of fused-ring (bicyclic) bond motifs is 1. The SMILES string of the molecule is O=C(COCc1nc2ccccc2s1)Nc1ccc(OC(F)F)c(Cl)c1. The first-order valence-electron chi connectivity index (χ1n) is 7.47. The molecule has 136 valence electrons. The first-order valence-corrected chi connectivity index (χ1v) is 8.67. The van der Waals surface area contributed by atoms with E-state index in [1.165, 1.54) is 29.5 Å². The first-order chi connectivity index (χ1) is 12.5. The van der Waals surface area contributed by atoms with Gasteiger partial charge < -0.3 is 14.8 Å². The van der Waals surface area contributed by atoms with Crippen LogP contribution in [0, 0.1) is 0 Å². The summed E-state index contributed by atoms with van der Waals surface area (Å²) in [5.41, 5.74) is 1.24. The number of anilines is 1. The highest BCUT2D eigenvalue weighted by atomic mass is 35.5. The fourth-order valence-electron chi connectivity index (χ4n) is 2.18. The fraction of sp³-hybridized carbons (Fsp3) is 0.176. The summed E-state index contributed by atoms with van der Waals surface area (Å²) in [4.78, 5) is 16.3. The minimum Gasteiger partial charge on any atom is -0.433 e. The summed E-state index contributed by atoms with van der Waals surface area (Å²) in [6.45, 7) is -2.93. The Hall–Kier alpha value is -2.29. The molecule has 3 rings (SSSR count). The molecule has 0 radical (unpaired) electrons. The number of halogens is 3. The molecular weight excluding hydrogens is 386 g/mol. The molecule has 0 aliphatic carbocycles. The number of rotatable bonds is 7. The zero-order chi connectivity index (χ0) is 18.5. The lowest BCUT2D eigenvalue weighted by atomic mass is 10.3. The van der Waals surface area contributed by atoms with Crippen molar-refractivity contribution in [1.29, 1.82) is 0 Å². The van der Waals surface area contributed by atoms with Gasteiger partial charge in [0.15, 0.2) is 0 Å². The highest BCUT2D eigenvalue weighted by molar-refractivity contribution is 7.18. The van der Waals surface area contributed by atoms with E-state index < -0.39 is 12.5 Å². The lowest BCUT2D eigenvalue weighted by Gasteiger charge is -2.09. The summed E-state index contributed by atoms with van der Waals surface area (Å²) in [6.07, 6.45) is 0. The molecule has 0 spiro atoms. The average molecular weight is 399 g/mol. The maximum Gasteiger partial charge on any atom is 0.387 e. The number of carbonyl (C=O) groups excluding carboxylic acids is 1. The second-order valence-electron chi connectivity index (χ2n) is 5.14. The van der Waals surface area contributed by atoms with Gasteiger partial charge in [0.1, 0.15) is 17.4 Å². The Balaban J connectivity index is 1.50. The lowest BCUT2D eigenvalue weighted by molar-refractivity contribution is -0.121. The number of amides is 1. The molecule has 0 unspecified atom stereocenters. The molecule has 1 N–H and O–H groups in total. The number of aromatic nitrogens is 1. The van der Waals surface area contributed by atoms with E-state index in [1.807, 2.05) is 24.3 Å². The van der Waals surface area contributed by atoms with Crippen LogP contribution in [0.15, 0.2) is 42.5 Å². The Morgan fingerprint density at radius 1 is 1.27 bits per heavy atom. The van der Waals surface area contributed by atoms with E-state index in [4.69, 9.17) is 16.3 Å². The first kappa shape index (κ1) is 18.5. The van der Waals surface area contributed by atoms with Crippen molar-refractivity contribution < 1.29 is 23.0 Å². The van der Waals surface area contributed by atoms with Crippen LogP contribution < -0.4 is 10.1 Å². The van der Waals surface area contributed by atoms with Crippen LogP contribution >= 0.6 is 22.9 Å². The molecular formula is C17H13ClF2N2O3S. The van der Waals surface area contributed by atoms with Gasteiger partial charge in [0, 0.05) is 5.69 Å². The number of benzene rings is 2.